The van der Waals surface area contributed by atoms with Crippen LogP contribution in [0.5, 0.6) is 0 Å². The lowest BCUT2D eigenvalue weighted by molar-refractivity contribution is -0.132. The van der Waals surface area contributed by atoms with Gasteiger partial charge >= 0.3 is 0 Å². The Balaban J connectivity index is 3.03. The highest BCUT2D eigenvalue weighted by Crippen LogP contribution is 2.39. The van der Waals surface area contributed by atoms with Gasteiger partial charge in [-0.05, 0) is 46.4 Å². The average Bonchev–Trinajstić information content (AvgIpc) is 1.99. The number of amides is 2. The molecule has 1 heterocycles. The first-order chi connectivity index (χ1) is 5.66. The molecule has 0 aliphatic carbocycles. The van der Waals surface area contributed by atoms with Crippen LogP contribution in [0, 0.1) is 0 Å². The van der Waals surface area contributed by atoms with Crippen LogP contribution in [0.15, 0.2) is 0 Å². The van der Waals surface area contributed by atoms with Crippen LogP contribution in [-0.2, 0) is 4.79 Å². The first-order valence-electron chi connectivity index (χ1n) is 4.24. The molecule has 0 unspecified atom stereocenters. The lowest BCUT2D eigenvalue weighted by atomic mass is 10.0. The number of carbonyl (C=O) groups is 2. The van der Waals surface area contributed by atoms with E-state index in [2.05, 4.69) is 0 Å². The highest BCUT2D eigenvalue weighted by Gasteiger charge is 2.49. The van der Waals surface area contributed by atoms with Crippen molar-refractivity contribution in [3.05, 3.63) is 0 Å². The zero-order valence-electron chi connectivity index (χ0n) is 8.67. The molecule has 0 spiro atoms. The Bertz CT molecular complexity index is 265. The molecule has 4 heteroatoms. The van der Waals surface area contributed by atoms with Gasteiger partial charge in [-0.1, -0.05) is 0 Å². The van der Waals surface area contributed by atoms with E-state index in [0.717, 1.165) is 11.8 Å². The van der Waals surface area contributed by atoms with E-state index >= 15 is 0 Å². The zero-order chi connectivity index (χ0) is 10.4. The van der Waals surface area contributed by atoms with Gasteiger partial charge in [-0.3, -0.25) is 14.5 Å². The molecule has 3 nitrogen and oxygen atoms in total. The molecule has 1 fully saturated rings. The summed E-state index contributed by atoms with van der Waals surface area (Å²) in [6.07, 6.45) is 0. The van der Waals surface area contributed by atoms with E-state index in [1.165, 1.54) is 4.90 Å². The molecule has 0 aromatic rings. The molecule has 1 aliphatic heterocycles. The number of nitrogens with zero attached hydrogens (tertiary/aromatic N) is 1. The molecule has 2 amide bonds. The second-order valence-corrected chi connectivity index (χ2v) is 6.26. The summed E-state index contributed by atoms with van der Waals surface area (Å²) in [6.45, 7) is 9.16. The van der Waals surface area contributed by atoms with Crippen LogP contribution in [-0.4, -0.2) is 26.3 Å². The third-order valence-corrected chi connectivity index (χ3v) is 2.96. The minimum atomic E-state index is -0.593. The van der Waals surface area contributed by atoms with Gasteiger partial charge in [-0.2, -0.15) is 0 Å². The molecule has 74 valence electrons. The Kier molecular flexibility index (Phi) is 2.23. The predicted octanol–water partition coefficient (Wildman–Crippen LogP) is 2.26. The normalized spacial score (nSPS) is 22.7. The average molecular weight is 201 g/mol. The molecule has 0 atom stereocenters. The van der Waals surface area contributed by atoms with Gasteiger partial charge in [0.25, 0.3) is 5.24 Å². The summed E-state index contributed by atoms with van der Waals surface area (Å²) < 4.78 is -0.593. The molecule has 0 bridgehead atoms. The van der Waals surface area contributed by atoms with Gasteiger partial charge in [-0.25, -0.2) is 0 Å². The van der Waals surface area contributed by atoms with Crippen molar-refractivity contribution >= 4 is 22.9 Å². The lowest BCUT2D eigenvalue weighted by Crippen LogP contribution is -2.47. The van der Waals surface area contributed by atoms with Crippen LogP contribution in [0.4, 0.5) is 4.79 Å². The number of carbonyl (C=O) groups excluding carboxylic acids is 2. The maximum atomic E-state index is 11.8. The highest BCUT2D eigenvalue weighted by atomic mass is 32.2. The number of hydrogen-bond donors (Lipinski definition) is 0. The Morgan fingerprint density at radius 3 is 1.85 bits per heavy atom. The quantitative estimate of drug-likeness (QED) is 0.603. The first kappa shape index (κ1) is 10.6. The van der Waals surface area contributed by atoms with E-state index in [1.807, 2.05) is 20.8 Å². The van der Waals surface area contributed by atoms with Crippen molar-refractivity contribution in [2.45, 2.75) is 44.9 Å². The van der Waals surface area contributed by atoms with Gasteiger partial charge in [0.05, 0.1) is 4.75 Å². The van der Waals surface area contributed by atoms with Crippen molar-refractivity contribution in [1.82, 2.24) is 4.90 Å². The van der Waals surface area contributed by atoms with E-state index in [-0.39, 0.29) is 11.1 Å². The van der Waals surface area contributed by atoms with Crippen molar-refractivity contribution in [2.75, 3.05) is 0 Å². The van der Waals surface area contributed by atoms with Crippen molar-refractivity contribution in [3.63, 3.8) is 0 Å². The molecule has 0 aromatic heterocycles. The van der Waals surface area contributed by atoms with Crippen LogP contribution in [0.2, 0.25) is 0 Å². The molecule has 0 N–H and O–H groups in total. The maximum absolute atomic E-state index is 11.8. The fraction of sp³-hybridized carbons (Fsp3) is 0.778. The van der Waals surface area contributed by atoms with Gasteiger partial charge in [0.15, 0.2) is 0 Å². The minimum Gasteiger partial charge on any atom is -0.273 e. The Hall–Kier alpha value is -0.510. The van der Waals surface area contributed by atoms with Crippen molar-refractivity contribution < 1.29 is 9.59 Å². The van der Waals surface area contributed by atoms with Crippen LogP contribution in [0.25, 0.3) is 0 Å². The van der Waals surface area contributed by atoms with Gasteiger partial charge in [-0.15, -0.1) is 0 Å². The van der Waals surface area contributed by atoms with Crippen molar-refractivity contribution in [3.8, 4) is 0 Å². The monoisotopic (exact) mass is 201 g/mol. The first-order valence-corrected chi connectivity index (χ1v) is 5.05. The van der Waals surface area contributed by atoms with E-state index in [1.54, 1.807) is 13.8 Å². The third kappa shape index (κ3) is 1.73. The predicted molar refractivity (Wildman–Crippen MR) is 53.7 cm³/mol. The standard InChI is InChI=1S/C9H15NO2S/c1-8(2,3)10-6(11)9(4,5)13-7(10)12/h1-5H3. The molecule has 13 heavy (non-hydrogen) atoms. The number of rotatable bonds is 0. The summed E-state index contributed by atoms with van der Waals surface area (Å²) >= 11 is 1.10. The molecule has 1 aliphatic rings. The summed E-state index contributed by atoms with van der Waals surface area (Å²) in [7, 11) is 0. The summed E-state index contributed by atoms with van der Waals surface area (Å²) in [5.41, 5.74) is -0.408. The largest absolute Gasteiger partial charge is 0.289 e. The molecule has 0 aromatic carbocycles. The van der Waals surface area contributed by atoms with Crippen molar-refractivity contribution in [2.24, 2.45) is 0 Å². The van der Waals surface area contributed by atoms with E-state index in [4.69, 9.17) is 0 Å². The maximum Gasteiger partial charge on any atom is 0.289 e. The van der Waals surface area contributed by atoms with Crippen LogP contribution in [0.1, 0.15) is 34.6 Å². The second kappa shape index (κ2) is 2.74. The minimum absolute atomic E-state index is 0.0880. The SMILES string of the molecule is CC1(C)SC(=O)N(C(C)(C)C)C1=O. The molecule has 0 radical (unpaired) electrons. The lowest BCUT2D eigenvalue weighted by Gasteiger charge is -2.30. The molecule has 1 rings (SSSR count). The van der Waals surface area contributed by atoms with Crippen LogP contribution < -0.4 is 0 Å². The van der Waals surface area contributed by atoms with Gasteiger partial charge in [0, 0.05) is 5.54 Å². The van der Waals surface area contributed by atoms with Crippen LogP contribution >= 0.6 is 11.8 Å². The van der Waals surface area contributed by atoms with Gasteiger partial charge in [0.2, 0.25) is 5.91 Å². The summed E-state index contributed by atoms with van der Waals surface area (Å²) in [6, 6.07) is 0. The fourth-order valence-electron chi connectivity index (χ4n) is 1.24. The molecular formula is C9H15NO2S. The summed E-state index contributed by atoms with van der Waals surface area (Å²) in [5.74, 6) is -0.0880. The third-order valence-electron chi connectivity index (χ3n) is 1.91. The van der Waals surface area contributed by atoms with Crippen molar-refractivity contribution in [1.29, 1.82) is 0 Å². The highest BCUT2D eigenvalue weighted by molar-refractivity contribution is 8.16. The Morgan fingerprint density at radius 1 is 1.23 bits per heavy atom. The topological polar surface area (TPSA) is 37.4 Å². The Morgan fingerprint density at radius 2 is 1.69 bits per heavy atom. The smallest absolute Gasteiger partial charge is 0.273 e. The zero-order valence-corrected chi connectivity index (χ0v) is 9.49. The summed E-state index contributed by atoms with van der Waals surface area (Å²) in [4.78, 5) is 24.6. The number of imide groups is 1. The molecule has 1 saturated heterocycles. The molecule has 0 saturated carbocycles. The van der Waals surface area contributed by atoms with Gasteiger partial charge in [0.1, 0.15) is 0 Å². The number of hydrogen-bond acceptors (Lipinski definition) is 3. The van der Waals surface area contributed by atoms with E-state index in [9.17, 15) is 9.59 Å². The Labute approximate surface area is 82.9 Å². The van der Waals surface area contributed by atoms with Gasteiger partial charge < -0.3 is 0 Å². The molecular weight excluding hydrogens is 186 g/mol. The van der Waals surface area contributed by atoms with E-state index < -0.39 is 10.3 Å². The van der Waals surface area contributed by atoms with E-state index in [0.29, 0.717) is 0 Å². The number of thioether (sulfide) groups is 1. The van der Waals surface area contributed by atoms with Crippen LogP contribution in [0.3, 0.4) is 0 Å². The summed E-state index contributed by atoms with van der Waals surface area (Å²) in [5, 5.41) is -0.137. The fourth-order valence-corrected chi connectivity index (χ4v) is 2.30. The second-order valence-electron chi connectivity index (χ2n) is 4.69.